The minimum atomic E-state index is 0.708. The minimum Gasteiger partial charge on any atom is -0.314 e. The van der Waals surface area contributed by atoms with Gasteiger partial charge in [0.05, 0.1) is 0 Å². The summed E-state index contributed by atoms with van der Waals surface area (Å²) in [5.41, 5.74) is 2.92. The lowest BCUT2D eigenvalue weighted by Gasteiger charge is -2.16. The van der Waals surface area contributed by atoms with Gasteiger partial charge in [-0.2, -0.15) is 0 Å². The van der Waals surface area contributed by atoms with Crippen LogP contribution in [0.1, 0.15) is 57.6 Å². The van der Waals surface area contributed by atoms with E-state index in [-0.39, 0.29) is 0 Å². The molecule has 0 aromatic heterocycles. The highest BCUT2D eigenvalue weighted by Gasteiger charge is 2.04. The number of benzene rings is 1. The van der Waals surface area contributed by atoms with Crippen molar-refractivity contribution in [3.8, 4) is 0 Å². The largest absolute Gasteiger partial charge is 0.314 e. The summed E-state index contributed by atoms with van der Waals surface area (Å²) >= 11 is 0. The van der Waals surface area contributed by atoms with E-state index in [1.54, 1.807) is 0 Å². The Labute approximate surface area is 113 Å². The van der Waals surface area contributed by atoms with Crippen LogP contribution in [0.4, 0.5) is 0 Å². The number of nitrogens with one attached hydrogen (secondary N) is 1. The van der Waals surface area contributed by atoms with Gasteiger partial charge in [0, 0.05) is 6.04 Å². The summed E-state index contributed by atoms with van der Waals surface area (Å²) in [5, 5.41) is 3.62. The fourth-order valence-corrected chi connectivity index (χ4v) is 2.29. The Kier molecular flexibility index (Phi) is 7.75. The Morgan fingerprint density at radius 3 is 2.22 bits per heavy atom. The first-order valence-corrected chi connectivity index (χ1v) is 7.61. The van der Waals surface area contributed by atoms with Crippen molar-refractivity contribution in [3.05, 3.63) is 35.4 Å². The van der Waals surface area contributed by atoms with Crippen molar-refractivity contribution in [2.24, 2.45) is 0 Å². The predicted molar refractivity (Wildman–Crippen MR) is 81.1 cm³/mol. The fourth-order valence-electron chi connectivity index (χ4n) is 2.29. The summed E-state index contributed by atoms with van der Waals surface area (Å²) in [4.78, 5) is 0. The number of hydrogen-bond donors (Lipinski definition) is 1. The molecule has 0 radical (unpaired) electrons. The molecule has 0 heterocycles. The normalized spacial score (nSPS) is 12.6. The van der Waals surface area contributed by atoms with E-state index in [0.717, 1.165) is 13.0 Å². The highest BCUT2D eigenvalue weighted by atomic mass is 14.9. The Morgan fingerprint density at radius 2 is 1.67 bits per heavy atom. The molecule has 0 aliphatic carbocycles. The molecule has 0 spiro atoms. The molecule has 102 valence electrons. The van der Waals surface area contributed by atoms with Crippen LogP contribution in [-0.4, -0.2) is 12.6 Å². The highest BCUT2D eigenvalue weighted by Crippen LogP contribution is 2.10. The van der Waals surface area contributed by atoms with E-state index in [0.29, 0.717) is 6.04 Å². The Morgan fingerprint density at radius 1 is 1.00 bits per heavy atom. The van der Waals surface area contributed by atoms with Gasteiger partial charge in [0.1, 0.15) is 0 Å². The Bertz CT molecular complexity index is 302. The van der Waals surface area contributed by atoms with Crippen LogP contribution >= 0.6 is 0 Å². The molecule has 1 aromatic carbocycles. The molecule has 1 atom stereocenters. The number of hydrogen-bond acceptors (Lipinski definition) is 1. The molecule has 0 fully saturated rings. The highest BCUT2D eigenvalue weighted by molar-refractivity contribution is 5.22. The van der Waals surface area contributed by atoms with Crippen molar-refractivity contribution < 1.29 is 0 Å². The minimum absolute atomic E-state index is 0.708. The second-order valence-corrected chi connectivity index (χ2v) is 5.12. The van der Waals surface area contributed by atoms with E-state index < -0.39 is 0 Å². The zero-order valence-corrected chi connectivity index (χ0v) is 12.3. The molecule has 0 aliphatic rings. The maximum atomic E-state index is 3.62. The van der Waals surface area contributed by atoms with Gasteiger partial charge in [-0.15, -0.1) is 0 Å². The molecule has 1 aromatic rings. The molecule has 1 heteroatoms. The van der Waals surface area contributed by atoms with Crippen molar-refractivity contribution in [2.75, 3.05) is 6.54 Å². The topological polar surface area (TPSA) is 12.0 Å². The third-order valence-corrected chi connectivity index (χ3v) is 3.63. The second-order valence-electron chi connectivity index (χ2n) is 5.12. The van der Waals surface area contributed by atoms with Crippen molar-refractivity contribution in [1.29, 1.82) is 0 Å². The SMILES string of the molecule is CCCNC(CC)CCCc1ccc(CC)cc1. The van der Waals surface area contributed by atoms with Crippen LogP contribution in [0.5, 0.6) is 0 Å². The van der Waals surface area contributed by atoms with Crippen molar-refractivity contribution in [2.45, 2.75) is 65.3 Å². The molecule has 0 bridgehead atoms. The van der Waals surface area contributed by atoms with E-state index in [1.165, 1.54) is 43.2 Å². The van der Waals surface area contributed by atoms with E-state index in [9.17, 15) is 0 Å². The average molecular weight is 247 g/mol. The smallest absolute Gasteiger partial charge is 0.00645 e. The van der Waals surface area contributed by atoms with Gasteiger partial charge in [0.25, 0.3) is 0 Å². The van der Waals surface area contributed by atoms with Gasteiger partial charge in [-0.1, -0.05) is 45.0 Å². The van der Waals surface area contributed by atoms with Gasteiger partial charge in [0.15, 0.2) is 0 Å². The lowest BCUT2D eigenvalue weighted by atomic mass is 10.0. The zero-order valence-electron chi connectivity index (χ0n) is 12.3. The summed E-state index contributed by atoms with van der Waals surface area (Å²) in [6.45, 7) is 7.88. The molecule has 0 aliphatic heterocycles. The summed E-state index contributed by atoms with van der Waals surface area (Å²) < 4.78 is 0. The Balaban J connectivity index is 2.26. The first-order chi connectivity index (χ1) is 8.80. The molecule has 18 heavy (non-hydrogen) atoms. The van der Waals surface area contributed by atoms with Crippen molar-refractivity contribution >= 4 is 0 Å². The summed E-state index contributed by atoms with van der Waals surface area (Å²) in [7, 11) is 0. The fraction of sp³-hybridized carbons (Fsp3) is 0.647. The summed E-state index contributed by atoms with van der Waals surface area (Å²) in [6.07, 6.45) is 7.42. The van der Waals surface area contributed by atoms with Crippen LogP contribution in [-0.2, 0) is 12.8 Å². The maximum Gasteiger partial charge on any atom is 0.00645 e. The molecule has 1 rings (SSSR count). The Hall–Kier alpha value is -0.820. The monoisotopic (exact) mass is 247 g/mol. The van der Waals surface area contributed by atoms with E-state index in [2.05, 4.69) is 50.4 Å². The van der Waals surface area contributed by atoms with Gasteiger partial charge in [-0.25, -0.2) is 0 Å². The molecular formula is C17H29N. The summed E-state index contributed by atoms with van der Waals surface area (Å²) in [5.74, 6) is 0. The predicted octanol–water partition coefficient (Wildman–Crippen LogP) is 4.35. The summed E-state index contributed by atoms with van der Waals surface area (Å²) in [6, 6.07) is 9.82. The average Bonchev–Trinajstić information content (AvgIpc) is 2.43. The van der Waals surface area contributed by atoms with Crippen LogP contribution in [0.3, 0.4) is 0 Å². The number of aryl methyl sites for hydroxylation is 2. The van der Waals surface area contributed by atoms with Gasteiger partial charge in [0.2, 0.25) is 0 Å². The third-order valence-electron chi connectivity index (χ3n) is 3.63. The van der Waals surface area contributed by atoms with Gasteiger partial charge in [-0.3, -0.25) is 0 Å². The second kappa shape index (κ2) is 9.16. The lowest BCUT2D eigenvalue weighted by Crippen LogP contribution is -2.29. The van der Waals surface area contributed by atoms with Gasteiger partial charge < -0.3 is 5.32 Å². The molecule has 1 N–H and O–H groups in total. The van der Waals surface area contributed by atoms with Crippen molar-refractivity contribution in [3.63, 3.8) is 0 Å². The van der Waals surface area contributed by atoms with Crippen LogP contribution in [0.15, 0.2) is 24.3 Å². The molecule has 0 saturated carbocycles. The van der Waals surface area contributed by atoms with E-state index >= 15 is 0 Å². The van der Waals surface area contributed by atoms with Crippen molar-refractivity contribution in [1.82, 2.24) is 5.32 Å². The number of rotatable bonds is 9. The standard InChI is InChI=1S/C17H29N/c1-4-14-18-17(6-3)9-7-8-16-12-10-15(5-2)11-13-16/h10-13,17-18H,4-9,14H2,1-3H3. The van der Waals surface area contributed by atoms with Crippen LogP contribution in [0.25, 0.3) is 0 Å². The molecule has 0 amide bonds. The zero-order chi connectivity index (χ0) is 13.2. The molecule has 1 nitrogen and oxygen atoms in total. The molecule has 0 saturated heterocycles. The van der Waals surface area contributed by atoms with Crippen LogP contribution in [0, 0.1) is 0 Å². The third kappa shape index (κ3) is 5.68. The first kappa shape index (κ1) is 15.2. The van der Waals surface area contributed by atoms with E-state index in [1.807, 2.05) is 0 Å². The quantitative estimate of drug-likeness (QED) is 0.684. The maximum absolute atomic E-state index is 3.62. The lowest BCUT2D eigenvalue weighted by molar-refractivity contribution is 0.456. The van der Waals surface area contributed by atoms with E-state index in [4.69, 9.17) is 0 Å². The first-order valence-electron chi connectivity index (χ1n) is 7.61. The van der Waals surface area contributed by atoms with Crippen LogP contribution < -0.4 is 5.32 Å². The van der Waals surface area contributed by atoms with Crippen LogP contribution in [0.2, 0.25) is 0 Å². The molecular weight excluding hydrogens is 218 g/mol. The van der Waals surface area contributed by atoms with Gasteiger partial charge in [-0.05, 0) is 56.2 Å². The van der Waals surface area contributed by atoms with Gasteiger partial charge >= 0.3 is 0 Å². The molecule has 1 unspecified atom stereocenters.